The monoisotopic (exact) mass is 575 g/mol. The number of ether oxygens (including phenoxy) is 1. The van der Waals surface area contributed by atoms with E-state index in [9.17, 15) is 14.7 Å². The summed E-state index contributed by atoms with van der Waals surface area (Å²) in [5.41, 5.74) is 8.05. The summed E-state index contributed by atoms with van der Waals surface area (Å²) >= 11 is 0. The van der Waals surface area contributed by atoms with Gasteiger partial charge in [-0.25, -0.2) is 9.37 Å². The number of likely N-dealkylation sites (N-methyl/N-ethyl adjacent to an activating group) is 2. The highest BCUT2D eigenvalue weighted by Crippen LogP contribution is 2.46. The second-order valence-electron chi connectivity index (χ2n) is 12.9. The van der Waals surface area contributed by atoms with Crippen molar-refractivity contribution in [2.24, 2.45) is 0 Å². The smallest absolute Gasteiger partial charge is 0.335 e. The lowest BCUT2D eigenvalue weighted by Crippen LogP contribution is -2.49. The fourth-order valence-corrected chi connectivity index (χ4v) is 7.49. The van der Waals surface area contributed by atoms with Gasteiger partial charge in [0.05, 0.1) is 17.2 Å². The highest BCUT2D eigenvalue weighted by atomic mass is 16.5. The number of aldehydes is 1. The molecule has 1 N–H and O–H groups in total. The molecule has 0 aromatic heterocycles. The Labute approximate surface area is 252 Å². The predicted octanol–water partition coefficient (Wildman–Crippen LogP) is 6.28. The largest absolute Gasteiger partial charge is 0.478 e. The third-order valence-corrected chi connectivity index (χ3v) is 9.25. The van der Waals surface area contributed by atoms with E-state index in [0.29, 0.717) is 22.6 Å². The number of carbonyl (C=O) groups excluding carboxylic acids is 1. The van der Waals surface area contributed by atoms with Crippen LogP contribution >= 0.6 is 0 Å². The van der Waals surface area contributed by atoms with Crippen LogP contribution in [0.15, 0.2) is 54.6 Å². The van der Waals surface area contributed by atoms with Gasteiger partial charge in [0.15, 0.2) is 11.8 Å². The number of hydrogen-bond acceptors (Lipinski definition) is 4. The first-order valence-corrected chi connectivity index (χ1v) is 15.0. The lowest BCUT2D eigenvalue weighted by molar-refractivity contribution is 0.0696. The zero-order valence-corrected chi connectivity index (χ0v) is 26.3. The molecule has 0 fully saturated rings. The van der Waals surface area contributed by atoms with Gasteiger partial charge < -0.3 is 14.7 Å². The van der Waals surface area contributed by atoms with Crippen LogP contribution in [0.2, 0.25) is 0 Å². The van der Waals surface area contributed by atoms with Crippen LogP contribution in [0.5, 0.6) is 11.5 Å². The number of hydrogen-bond donors (Lipinski definition) is 1. The van der Waals surface area contributed by atoms with Crippen LogP contribution in [-0.4, -0.2) is 41.5 Å². The van der Waals surface area contributed by atoms with Crippen LogP contribution in [-0.2, 0) is 0 Å². The number of aromatic carboxylic acids is 1. The number of allylic oxidation sites excluding steroid dienone is 2. The standard InChI is InChI=1S/C37H38N2O4/c1-9-38-30-16-32-28(14-25(30)21(3)18-36(38,5)6)34(27-13-23(35(41)42)11-12-24(27)20-40)29-15-26-22(4)19-37(7,8)39(10-2)31(26)17-33(29)43-32/h11-20H,9-10H2,1-8H3/p+1. The molecule has 220 valence electrons. The molecule has 6 heteroatoms. The minimum atomic E-state index is -1.04. The summed E-state index contributed by atoms with van der Waals surface area (Å²) in [4.78, 5) is 26.9. The van der Waals surface area contributed by atoms with E-state index in [1.807, 2.05) is 0 Å². The van der Waals surface area contributed by atoms with E-state index < -0.39 is 5.97 Å². The molecule has 3 aromatic carbocycles. The first-order chi connectivity index (χ1) is 20.3. The van der Waals surface area contributed by atoms with Crippen molar-refractivity contribution < 1.29 is 19.4 Å². The maximum atomic E-state index is 12.4. The van der Waals surface area contributed by atoms with Gasteiger partial charge in [-0.15, -0.1) is 0 Å². The van der Waals surface area contributed by atoms with Crippen molar-refractivity contribution >= 4 is 34.7 Å². The van der Waals surface area contributed by atoms with Crippen LogP contribution in [0.1, 0.15) is 98.4 Å². The molecule has 0 spiro atoms. The second-order valence-corrected chi connectivity index (χ2v) is 12.9. The lowest BCUT2D eigenvalue weighted by Gasteiger charge is -2.43. The topological polar surface area (TPSA) is 69.9 Å². The van der Waals surface area contributed by atoms with Crippen molar-refractivity contribution in [3.8, 4) is 11.5 Å². The van der Waals surface area contributed by atoms with Crippen molar-refractivity contribution in [2.75, 3.05) is 18.0 Å². The number of carboxylic acids is 1. The van der Waals surface area contributed by atoms with Crippen molar-refractivity contribution in [3.05, 3.63) is 98.6 Å². The maximum absolute atomic E-state index is 12.4. The van der Waals surface area contributed by atoms with E-state index in [2.05, 4.69) is 101 Å². The number of rotatable bonds is 5. The van der Waals surface area contributed by atoms with Gasteiger partial charge in [0.1, 0.15) is 18.0 Å². The Hall–Kier alpha value is -4.45. The Morgan fingerprint density at radius 3 is 2.28 bits per heavy atom. The summed E-state index contributed by atoms with van der Waals surface area (Å²) in [5.74, 6) is 0.336. The van der Waals surface area contributed by atoms with Crippen LogP contribution in [0, 0.1) is 0 Å². The molecule has 3 heterocycles. The van der Waals surface area contributed by atoms with Gasteiger partial charge >= 0.3 is 5.97 Å². The molecule has 0 bridgehead atoms. The molecule has 3 aliphatic rings. The first-order valence-electron chi connectivity index (χ1n) is 15.0. The molecule has 43 heavy (non-hydrogen) atoms. The molecule has 0 atom stereocenters. The summed E-state index contributed by atoms with van der Waals surface area (Å²) in [6.45, 7) is 19.1. The Morgan fingerprint density at radius 2 is 1.63 bits per heavy atom. The normalized spacial score (nSPS) is 17.5. The molecular formula is C37H39N2O4+. The van der Waals surface area contributed by atoms with E-state index in [1.165, 1.54) is 6.07 Å². The number of fused-ring (bicyclic) bond motifs is 4. The van der Waals surface area contributed by atoms with E-state index in [4.69, 9.17) is 4.74 Å². The number of carboxylic acid groups (broad SMARTS) is 1. The second kappa shape index (κ2) is 9.80. The Balaban J connectivity index is 1.79. The molecular weight excluding hydrogens is 536 g/mol. The van der Waals surface area contributed by atoms with Gasteiger partial charge in [-0.2, -0.15) is 0 Å². The van der Waals surface area contributed by atoms with Crippen molar-refractivity contribution in [1.82, 2.24) is 4.58 Å². The highest BCUT2D eigenvalue weighted by Gasteiger charge is 2.36. The number of nitrogens with zero attached hydrogens (tertiary/aromatic N) is 2. The van der Waals surface area contributed by atoms with Crippen LogP contribution in [0.4, 0.5) is 5.69 Å². The van der Waals surface area contributed by atoms with E-state index >= 15 is 0 Å². The summed E-state index contributed by atoms with van der Waals surface area (Å²) in [6, 6.07) is 13.2. The van der Waals surface area contributed by atoms with E-state index in [-0.39, 0.29) is 16.6 Å². The minimum absolute atomic E-state index is 0.128. The molecule has 0 aliphatic carbocycles. The zero-order valence-electron chi connectivity index (χ0n) is 26.3. The summed E-state index contributed by atoms with van der Waals surface area (Å²) < 4.78 is 9.16. The third kappa shape index (κ3) is 4.34. The van der Waals surface area contributed by atoms with Gasteiger partial charge in [0.2, 0.25) is 5.36 Å². The van der Waals surface area contributed by atoms with Crippen molar-refractivity contribution in [3.63, 3.8) is 0 Å². The fraction of sp³-hybridized carbons (Fsp3) is 0.324. The molecule has 3 aromatic rings. The number of carbonyl (C=O) groups is 2. The third-order valence-electron chi connectivity index (χ3n) is 9.25. The van der Waals surface area contributed by atoms with Gasteiger partial charge in [-0.05, 0) is 88.6 Å². The first kappa shape index (κ1) is 28.7. The molecule has 6 nitrogen and oxygen atoms in total. The molecule has 0 unspecified atom stereocenters. The van der Waals surface area contributed by atoms with Gasteiger partial charge in [0, 0.05) is 65.2 Å². The average molecular weight is 576 g/mol. The molecule has 3 aliphatic heterocycles. The molecule has 6 rings (SSSR count). The predicted molar refractivity (Wildman–Crippen MR) is 173 cm³/mol. The van der Waals surface area contributed by atoms with E-state index in [1.54, 1.807) is 12.1 Å². The summed E-state index contributed by atoms with van der Waals surface area (Å²) in [6.07, 6.45) is 5.38. The van der Waals surface area contributed by atoms with Gasteiger partial charge in [-0.3, -0.25) is 4.79 Å². The SMILES string of the molecule is CCN1c2cc3c(cc2C(C)=CC1(C)C)C(c1cc(C(=O)O)ccc1C=O)=c1cc2c(cc1O3)=[N+](CC)C(C)(C)C=C2C. The van der Waals surface area contributed by atoms with E-state index in [0.717, 1.165) is 69.0 Å². The zero-order chi connectivity index (χ0) is 31.0. The molecule has 0 radical (unpaired) electrons. The van der Waals surface area contributed by atoms with Gasteiger partial charge in [-0.1, -0.05) is 12.1 Å². The Morgan fingerprint density at radius 1 is 0.907 bits per heavy atom. The quantitative estimate of drug-likeness (QED) is 0.224. The Bertz CT molecular complexity index is 1940. The average Bonchev–Trinajstić information content (AvgIpc) is 2.93. The Kier molecular flexibility index (Phi) is 6.53. The minimum Gasteiger partial charge on any atom is -0.478 e. The molecule has 0 saturated carbocycles. The van der Waals surface area contributed by atoms with Crippen molar-refractivity contribution in [1.29, 1.82) is 0 Å². The lowest BCUT2D eigenvalue weighted by atomic mass is 9.83. The van der Waals surface area contributed by atoms with Gasteiger partial charge in [0.25, 0.3) is 0 Å². The number of anilines is 1. The fourth-order valence-electron chi connectivity index (χ4n) is 7.49. The van der Waals surface area contributed by atoms with Crippen LogP contribution < -0.4 is 24.8 Å². The summed E-state index contributed by atoms with van der Waals surface area (Å²) in [5, 5.41) is 11.8. The summed E-state index contributed by atoms with van der Waals surface area (Å²) in [7, 11) is 0. The molecule has 0 saturated heterocycles. The van der Waals surface area contributed by atoms with Crippen molar-refractivity contribution in [2.45, 2.75) is 66.5 Å². The number of benzene rings is 3. The van der Waals surface area contributed by atoms with Crippen LogP contribution in [0.3, 0.4) is 0 Å². The van der Waals surface area contributed by atoms with Crippen LogP contribution in [0.25, 0.3) is 16.7 Å². The molecule has 0 amide bonds. The highest BCUT2D eigenvalue weighted by molar-refractivity contribution is 5.98. The maximum Gasteiger partial charge on any atom is 0.335 e.